The van der Waals surface area contributed by atoms with E-state index < -0.39 is 0 Å². The molecule has 4 aromatic rings. The van der Waals surface area contributed by atoms with Gasteiger partial charge in [-0.15, -0.1) is 21.5 Å². The normalized spacial score (nSPS) is 15.3. The molecule has 1 fully saturated rings. The van der Waals surface area contributed by atoms with E-state index in [0.29, 0.717) is 6.04 Å². The van der Waals surface area contributed by atoms with Crippen molar-refractivity contribution < 1.29 is 4.79 Å². The fourth-order valence-electron chi connectivity index (χ4n) is 3.30. The summed E-state index contributed by atoms with van der Waals surface area (Å²) in [5, 5.41) is 12.5. The third-order valence-corrected chi connectivity index (χ3v) is 6.75. The van der Waals surface area contributed by atoms with E-state index in [0.717, 1.165) is 45.2 Å². The predicted octanol–water partition coefficient (Wildman–Crippen LogP) is 5.19. The van der Waals surface area contributed by atoms with Crippen LogP contribution in [0.15, 0.2) is 53.1 Å². The number of aromatic amines is 1. The molecule has 3 heterocycles. The van der Waals surface area contributed by atoms with E-state index in [9.17, 15) is 4.79 Å². The molecule has 0 bridgehead atoms. The van der Waals surface area contributed by atoms with Crippen LogP contribution in [0.3, 0.4) is 0 Å². The van der Waals surface area contributed by atoms with Gasteiger partial charge in [0.15, 0.2) is 16.8 Å². The molecule has 1 atom stereocenters. The molecule has 3 aromatic heterocycles. The summed E-state index contributed by atoms with van der Waals surface area (Å²) in [7, 11) is 0. The van der Waals surface area contributed by atoms with Gasteiger partial charge >= 0.3 is 0 Å². The van der Waals surface area contributed by atoms with Gasteiger partial charge in [0.1, 0.15) is 0 Å². The molecule has 0 saturated heterocycles. The molecular formula is C20H18N4OS2. The third kappa shape index (κ3) is 3.00. The first-order chi connectivity index (χ1) is 13.2. The molecule has 27 heavy (non-hydrogen) atoms. The maximum absolute atomic E-state index is 13.1. The Hall–Kier alpha value is -2.38. The molecule has 1 aliphatic carbocycles. The van der Waals surface area contributed by atoms with Crippen molar-refractivity contribution in [2.45, 2.75) is 36.2 Å². The number of hydrogen-bond donors (Lipinski definition) is 1. The molecule has 7 heteroatoms. The van der Waals surface area contributed by atoms with Crippen LogP contribution in [0.4, 0.5) is 0 Å². The van der Waals surface area contributed by atoms with Crippen molar-refractivity contribution in [1.29, 1.82) is 0 Å². The van der Waals surface area contributed by atoms with Crippen LogP contribution in [0.2, 0.25) is 0 Å². The quantitative estimate of drug-likeness (QED) is 0.361. The summed E-state index contributed by atoms with van der Waals surface area (Å²) < 4.78 is 2.22. The number of thiophene rings is 1. The first-order valence-corrected chi connectivity index (χ1v) is 10.7. The van der Waals surface area contributed by atoms with Crippen LogP contribution >= 0.6 is 23.1 Å². The number of fused-ring (bicyclic) bond motifs is 1. The van der Waals surface area contributed by atoms with E-state index in [4.69, 9.17) is 0 Å². The van der Waals surface area contributed by atoms with Gasteiger partial charge in [-0.3, -0.25) is 9.36 Å². The fourth-order valence-corrected chi connectivity index (χ4v) is 4.99. The number of aromatic nitrogens is 4. The maximum Gasteiger partial charge on any atom is 0.192 e. The zero-order valence-corrected chi connectivity index (χ0v) is 16.4. The summed E-state index contributed by atoms with van der Waals surface area (Å²) in [6, 6.07) is 12.5. The number of ketones is 1. The Morgan fingerprint density at radius 2 is 2.11 bits per heavy atom. The number of carbonyl (C=O) groups excluding carboxylic acids is 1. The fraction of sp³-hybridized carbons (Fsp3) is 0.250. The van der Waals surface area contributed by atoms with Gasteiger partial charge in [-0.1, -0.05) is 36.0 Å². The number of H-pyrrole nitrogens is 1. The average molecular weight is 395 g/mol. The molecule has 0 amide bonds. The van der Waals surface area contributed by atoms with E-state index in [-0.39, 0.29) is 11.0 Å². The monoisotopic (exact) mass is 394 g/mol. The van der Waals surface area contributed by atoms with E-state index in [2.05, 4.69) is 31.2 Å². The molecule has 0 aliphatic heterocycles. The van der Waals surface area contributed by atoms with Crippen LogP contribution in [0.1, 0.15) is 36.2 Å². The zero-order chi connectivity index (χ0) is 18.4. The highest BCUT2D eigenvalue weighted by atomic mass is 32.2. The van der Waals surface area contributed by atoms with E-state index in [1.165, 1.54) is 11.8 Å². The van der Waals surface area contributed by atoms with Crippen LogP contribution < -0.4 is 0 Å². The van der Waals surface area contributed by atoms with E-state index in [1.54, 1.807) is 11.3 Å². The van der Waals surface area contributed by atoms with Crippen molar-refractivity contribution in [3.8, 4) is 10.7 Å². The number of thioether (sulfide) groups is 1. The number of nitrogens with zero attached hydrogens (tertiary/aromatic N) is 3. The summed E-state index contributed by atoms with van der Waals surface area (Å²) >= 11 is 3.17. The summed E-state index contributed by atoms with van der Waals surface area (Å²) in [5.74, 6) is 1.03. The Balaban J connectivity index is 1.44. The Morgan fingerprint density at radius 1 is 1.26 bits per heavy atom. The van der Waals surface area contributed by atoms with Gasteiger partial charge in [-0.2, -0.15) is 0 Å². The minimum Gasteiger partial charge on any atom is -0.360 e. The number of carbonyl (C=O) groups is 1. The zero-order valence-electron chi connectivity index (χ0n) is 14.8. The van der Waals surface area contributed by atoms with Crippen LogP contribution in [0.25, 0.3) is 21.6 Å². The molecule has 0 spiro atoms. The summed E-state index contributed by atoms with van der Waals surface area (Å²) in [4.78, 5) is 17.4. The Kier molecular flexibility index (Phi) is 4.13. The predicted molar refractivity (Wildman–Crippen MR) is 110 cm³/mol. The van der Waals surface area contributed by atoms with Crippen molar-refractivity contribution in [3.63, 3.8) is 0 Å². The van der Waals surface area contributed by atoms with Gasteiger partial charge in [-0.05, 0) is 37.3 Å². The van der Waals surface area contributed by atoms with Gasteiger partial charge in [0, 0.05) is 28.7 Å². The number of benzene rings is 1. The van der Waals surface area contributed by atoms with Crippen LogP contribution in [0, 0.1) is 0 Å². The van der Waals surface area contributed by atoms with Crippen molar-refractivity contribution in [3.05, 3.63) is 53.5 Å². The van der Waals surface area contributed by atoms with Crippen molar-refractivity contribution in [2.75, 3.05) is 0 Å². The molecule has 5 rings (SSSR count). The highest BCUT2D eigenvalue weighted by molar-refractivity contribution is 8.00. The number of rotatable bonds is 6. The Bertz CT molecular complexity index is 1110. The highest BCUT2D eigenvalue weighted by Gasteiger charge is 2.32. The SMILES string of the molecule is C[C@@H](Sc1nnc(-c2cccs2)n1C1CC1)C(=O)c1c[nH]c2ccccc12. The lowest BCUT2D eigenvalue weighted by Gasteiger charge is -2.11. The number of hydrogen-bond acceptors (Lipinski definition) is 5. The van der Waals surface area contributed by atoms with Gasteiger partial charge in [-0.25, -0.2) is 0 Å². The summed E-state index contributed by atoms with van der Waals surface area (Å²) in [5.41, 5.74) is 1.72. The first-order valence-electron chi connectivity index (χ1n) is 8.98. The molecule has 5 nitrogen and oxygen atoms in total. The third-order valence-electron chi connectivity index (χ3n) is 4.82. The summed E-state index contributed by atoms with van der Waals surface area (Å²) in [6.45, 7) is 1.95. The van der Waals surface area contributed by atoms with Gasteiger partial charge in [0.25, 0.3) is 0 Å². The lowest BCUT2D eigenvalue weighted by molar-refractivity contribution is 0.0995. The highest BCUT2D eigenvalue weighted by Crippen LogP contribution is 2.42. The number of nitrogens with one attached hydrogen (secondary N) is 1. The minimum atomic E-state index is -0.234. The minimum absolute atomic E-state index is 0.112. The first kappa shape index (κ1) is 16.8. The van der Waals surface area contributed by atoms with Crippen molar-refractivity contribution >= 4 is 39.8 Å². The molecule has 1 aliphatic rings. The second-order valence-electron chi connectivity index (χ2n) is 6.76. The Morgan fingerprint density at radius 3 is 2.89 bits per heavy atom. The Labute approximate surface area is 164 Å². The molecule has 0 radical (unpaired) electrons. The summed E-state index contributed by atoms with van der Waals surface area (Å²) in [6.07, 6.45) is 4.11. The number of Topliss-reactive ketones (excluding diaryl/α,β-unsaturated/α-hetero) is 1. The van der Waals surface area contributed by atoms with Crippen LogP contribution in [-0.4, -0.2) is 30.8 Å². The molecule has 1 saturated carbocycles. The number of para-hydroxylation sites is 1. The van der Waals surface area contributed by atoms with Crippen LogP contribution in [0.5, 0.6) is 0 Å². The second-order valence-corrected chi connectivity index (χ2v) is 9.01. The molecule has 1 N–H and O–H groups in total. The van der Waals surface area contributed by atoms with Crippen molar-refractivity contribution in [2.24, 2.45) is 0 Å². The lowest BCUT2D eigenvalue weighted by atomic mass is 10.1. The molecular weight excluding hydrogens is 376 g/mol. The van der Waals surface area contributed by atoms with Gasteiger partial charge in [0.2, 0.25) is 0 Å². The average Bonchev–Trinajstić information content (AvgIpc) is 3.11. The maximum atomic E-state index is 13.1. The van der Waals surface area contributed by atoms with Crippen molar-refractivity contribution in [1.82, 2.24) is 19.7 Å². The standard InChI is InChI=1S/C20H18N4OS2/c1-12(18(25)15-11-21-16-6-3-2-5-14(15)16)27-20-23-22-19(17-7-4-10-26-17)24(20)13-8-9-13/h2-7,10-13,21H,8-9H2,1H3/t12-/m1/s1. The van der Waals surface area contributed by atoms with Crippen LogP contribution in [-0.2, 0) is 0 Å². The smallest absolute Gasteiger partial charge is 0.192 e. The van der Waals surface area contributed by atoms with Gasteiger partial charge in [0.05, 0.1) is 10.1 Å². The molecule has 1 aromatic carbocycles. The van der Waals surface area contributed by atoms with Gasteiger partial charge < -0.3 is 4.98 Å². The molecule has 0 unspecified atom stereocenters. The molecule has 136 valence electrons. The van der Waals surface area contributed by atoms with E-state index in [1.807, 2.05) is 43.5 Å². The topological polar surface area (TPSA) is 63.6 Å². The largest absolute Gasteiger partial charge is 0.360 e. The second kappa shape index (κ2) is 6.65. The van der Waals surface area contributed by atoms with E-state index >= 15 is 0 Å². The lowest BCUT2D eigenvalue weighted by Crippen LogP contribution is -2.14.